The molecule has 80 valence electrons. The molecule has 3 nitrogen and oxygen atoms in total. The molecule has 0 aliphatic carbocycles. The second-order valence-corrected chi connectivity index (χ2v) is 4.88. The van der Waals surface area contributed by atoms with Crippen molar-refractivity contribution in [1.82, 2.24) is 14.8 Å². The van der Waals surface area contributed by atoms with Crippen molar-refractivity contribution >= 4 is 33.2 Å². The monoisotopic (exact) mass is 249 g/mol. The van der Waals surface area contributed by atoms with Gasteiger partial charge < -0.3 is 0 Å². The van der Waals surface area contributed by atoms with E-state index in [2.05, 4.69) is 10.1 Å². The first-order valence-electron chi connectivity index (χ1n) is 4.82. The molecule has 0 atom stereocenters. The van der Waals surface area contributed by atoms with Gasteiger partial charge in [-0.1, -0.05) is 35.1 Å². The Bertz CT molecular complexity index is 623. The van der Waals surface area contributed by atoms with Gasteiger partial charge in [0.05, 0.1) is 15.9 Å². The molecule has 3 rings (SSSR count). The van der Waals surface area contributed by atoms with E-state index in [9.17, 15) is 0 Å². The summed E-state index contributed by atoms with van der Waals surface area (Å²) in [5.74, 6) is 0. The third-order valence-electron chi connectivity index (χ3n) is 2.25. The van der Waals surface area contributed by atoms with Gasteiger partial charge in [0.15, 0.2) is 0 Å². The molecular formula is C11H8ClN3S. The van der Waals surface area contributed by atoms with Crippen molar-refractivity contribution in [3.05, 3.63) is 41.2 Å². The SMILES string of the molecule is Cc1cc(Cl)n(-c2nc3ccccc3s2)n1. The number of aryl methyl sites for hydroxylation is 1. The number of hydrogen-bond donors (Lipinski definition) is 0. The number of fused-ring (bicyclic) bond motifs is 1. The minimum Gasteiger partial charge on any atom is -0.218 e. The molecule has 5 heteroatoms. The van der Waals surface area contributed by atoms with Crippen LogP contribution >= 0.6 is 22.9 Å². The molecule has 0 amide bonds. The number of rotatable bonds is 1. The smallest absolute Gasteiger partial charge is 0.212 e. The summed E-state index contributed by atoms with van der Waals surface area (Å²) in [4.78, 5) is 4.49. The predicted octanol–water partition coefficient (Wildman–Crippen LogP) is 3.44. The molecule has 0 radical (unpaired) electrons. The molecule has 0 fully saturated rings. The normalized spacial score (nSPS) is 11.1. The molecule has 0 N–H and O–H groups in total. The van der Waals surface area contributed by atoms with E-state index in [1.807, 2.05) is 37.3 Å². The number of para-hydroxylation sites is 1. The molecule has 0 unspecified atom stereocenters. The van der Waals surface area contributed by atoms with Crippen molar-refractivity contribution in [2.45, 2.75) is 6.92 Å². The highest BCUT2D eigenvalue weighted by atomic mass is 35.5. The second kappa shape index (κ2) is 3.57. The summed E-state index contributed by atoms with van der Waals surface area (Å²) in [6.45, 7) is 1.91. The standard InChI is InChI=1S/C11H8ClN3S/c1-7-6-10(12)15(14-7)11-13-8-4-2-3-5-9(8)16-11/h2-6H,1H3. The fraction of sp³-hybridized carbons (Fsp3) is 0.0909. The number of thiazole rings is 1. The zero-order valence-corrected chi connectivity index (χ0v) is 10.1. The Labute approximate surface area is 101 Å². The van der Waals surface area contributed by atoms with Crippen LogP contribution in [0.25, 0.3) is 15.3 Å². The van der Waals surface area contributed by atoms with Gasteiger partial charge in [0.25, 0.3) is 0 Å². The molecule has 0 aliphatic rings. The summed E-state index contributed by atoms with van der Waals surface area (Å²) in [7, 11) is 0. The highest BCUT2D eigenvalue weighted by Crippen LogP contribution is 2.26. The van der Waals surface area contributed by atoms with Crippen molar-refractivity contribution in [3.63, 3.8) is 0 Å². The average Bonchev–Trinajstić information content (AvgIpc) is 2.81. The topological polar surface area (TPSA) is 30.7 Å². The van der Waals surface area contributed by atoms with Crippen LogP contribution in [0.15, 0.2) is 30.3 Å². The zero-order valence-electron chi connectivity index (χ0n) is 8.51. The van der Waals surface area contributed by atoms with E-state index in [1.165, 1.54) is 0 Å². The Morgan fingerprint density at radius 3 is 2.81 bits per heavy atom. The van der Waals surface area contributed by atoms with Crippen molar-refractivity contribution in [1.29, 1.82) is 0 Å². The number of aromatic nitrogens is 3. The van der Waals surface area contributed by atoms with Crippen molar-refractivity contribution < 1.29 is 0 Å². The molecular weight excluding hydrogens is 242 g/mol. The lowest BCUT2D eigenvalue weighted by Gasteiger charge is -1.94. The second-order valence-electron chi connectivity index (χ2n) is 3.48. The average molecular weight is 250 g/mol. The molecule has 0 saturated heterocycles. The Morgan fingerprint density at radius 2 is 2.12 bits per heavy atom. The van der Waals surface area contributed by atoms with Gasteiger partial charge in [0, 0.05) is 0 Å². The fourth-order valence-electron chi connectivity index (χ4n) is 1.55. The molecule has 0 bridgehead atoms. The number of hydrogen-bond acceptors (Lipinski definition) is 3. The van der Waals surface area contributed by atoms with E-state index < -0.39 is 0 Å². The Kier molecular flexibility index (Phi) is 2.19. The number of halogens is 1. The van der Waals surface area contributed by atoms with Gasteiger partial charge in [0.1, 0.15) is 5.15 Å². The molecule has 2 aromatic heterocycles. The summed E-state index contributed by atoms with van der Waals surface area (Å²) in [5, 5.41) is 5.71. The van der Waals surface area contributed by atoms with E-state index in [-0.39, 0.29) is 0 Å². The maximum atomic E-state index is 6.07. The number of benzene rings is 1. The van der Waals surface area contributed by atoms with Gasteiger partial charge in [-0.05, 0) is 25.1 Å². The van der Waals surface area contributed by atoms with Gasteiger partial charge in [-0.25, -0.2) is 4.98 Å². The summed E-state index contributed by atoms with van der Waals surface area (Å²) in [6.07, 6.45) is 0. The van der Waals surface area contributed by atoms with Gasteiger partial charge in [-0.3, -0.25) is 0 Å². The van der Waals surface area contributed by atoms with Crippen LogP contribution in [-0.2, 0) is 0 Å². The minimum absolute atomic E-state index is 0.594. The summed E-state index contributed by atoms with van der Waals surface area (Å²) >= 11 is 7.66. The van der Waals surface area contributed by atoms with Crippen LogP contribution in [0.5, 0.6) is 0 Å². The van der Waals surface area contributed by atoms with E-state index in [4.69, 9.17) is 11.6 Å². The summed E-state index contributed by atoms with van der Waals surface area (Å²) in [5.41, 5.74) is 1.87. The van der Waals surface area contributed by atoms with Crippen LogP contribution in [0.4, 0.5) is 0 Å². The van der Waals surface area contributed by atoms with Gasteiger partial charge in [-0.2, -0.15) is 9.78 Å². The zero-order chi connectivity index (χ0) is 11.1. The Morgan fingerprint density at radius 1 is 1.31 bits per heavy atom. The van der Waals surface area contributed by atoms with Gasteiger partial charge >= 0.3 is 0 Å². The highest BCUT2D eigenvalue weighted by molar-refractivity contribution is 7.20. The molecule has 1 aromatic carbocycles. The Balaban J connectivity index is 2.22. The molecule has 2 heterocycles. The first kappa shape index (κ1) is 9.81. The van der Waals surface area contributed by atoms with E-state index in [0.29, 0.717) is 5.15 Å². The van der Waals surface area contributed by atoms with Crippen LogP contribution in [0.1, 0.15) is 5.69 Å². The van der Waals surface area contributed by atoms with E-state index >= 15 is 0 Å². The van der Waals surface area contributed by atoms with Crippen LogP contribution in [0.2, 0.25) is 5.15 Å². The van der Waals surface area contributed by atoms with Crippen molar-refractivity contribution in [2.24, 2.45) is 0 Å². The summed E-state index contributed by atoms with van der Waals surface area (Å²) in [6, 6.07) is 9.83. The van der Waals surface area contributed by atoms with Crippen molar-refractivity contribution in [3.8, 4) is 5.13 Å². The quantitative estimate of drug-likeness (QED) is 0.661. The maximum Gasteiger partial charge on any atom is 0.212 e. The van der Waals surface area contributed by atoms with Crippen molar-refractivity contribution in [2.75, 3.05) is 0 Å². The largest absolute Gasteiger partial charge is 0.218 e. The van der Waals surface area contributed by atoms with Gasteiger partial charge in [0.2, 0.25) is 5.13 Å². The lowest BCUT2D eigenvalue weighted by Crippen LogP contribution is -1.95. The maximum absolute atomic E-state index is 6.07. The third-order valence-corrected chi connectivity index (χ3v) is 3.53. The highest BCUT2D eigenvalue weighted by Gasteiger charge is 2.10. The molecule has 0 aliphatic heterocycles. The van der Waals surface area contributed by atoms with Crippen LogP contribution in [0, 0.1) is 6.92 Å². The molecule has 3 aromatic rings. The fourth-order valence-corrected chi connectivity index (χ4v) is 2.81. The lowest BCUT2D eigenvalue weighted by molar-refractivity contribution is 0.856. The minimum atomic E-state index is 0.594. The lowest BCUT2D eigenvalue weighted by atomic mass is 10.3. The van der Waals surface area contributed by atoms with E-state index in [0.717, 1.165) is 21.0 Å². The van der Waals surface area contributed by atoms with Crippen LogP contribution in [0.3, 0.4) is 0 Å². The molecule has 0 spiro atoms. The molecule has 0 saturated carbocycles. The predicted molar refractivity (Wildman–Crippen MR) is 66.5 cm³/mol. The van der Waals surface area contributed by atoms with Crippen LogP contribution in [-0.4, -0.2) is 14.8 Å². The Hall–Kier alpha value is -1.39. The number of nitrogens with zero attached hydrogens (tertiary/aromatic N) is 3. The first-order valence-corrected chi connectivity index (χ1v) is 6.01. The first-order chi connectivity index (χ1) is 7.74. The van der Waals surface area contributed by atoms with Crippen LogP contribution < -0.4 is 0 Å². The third kappa shape index (κ3) is 1.50. The van der Waals surface area contributed by atoms with Gasteiger partial charge in [-0.15, -0.1) is 0 Å². The van der Waals surface area contributed by atoms with E-state index in [1.54, 1.807) is 16.0 Å². The summed E-state index contributed by atoms with van der Waals surface area (Å²) < 4.78 is 2.81. The molecule has 16 heavy (non-hydrogen) atoms.